The highest BCUT2D eigenvalue weighted by atomic mass is 16.7. The lowest BCUT2D eigenvalue weighted by Crippen LogP contribution is -2.45. The molecule has 8 heteroatoms. The number of rotatable bonds is 5. The maximum absolute atomic E-state index is 13.8. The fourth-order valence-corrected chi connectivity index (χ4v) is 5.46. The molecule has 2 heterocycles. The number of fused-ring (bicyclic) bond motifs is 1. The summed E-state index contributed by atoms with van der Waals surface area (Å²) in [5, 5.41) is 5.65. The minimum atomic E-state index is -1.41. The second-order valence-corrected chi connectivity index (χ2v) is 9.69. The summed E-state index contributed by atoms with van der Waals surface area (Å²) in [5.41, 5.74) is 0.335. The van der Waals surface area contributed by atoms with Crippen molar-refractivity contribution in [2.75, 3.05) is 11.9 Å². The second kappa shape index (κ2) is 8.96. The van der Waals surface area contributed by atoms with Crippen LogP contribution in [0.1, 0.15) is 43.2 Å². The number of urea groups is 1. The molecule has 188 valence electrons. The summed E-state index contributed by atoms with van der Waals surface area (Å²) < 4.78 is 12.2. The van der Waals surface area contributed by atoms with Crippen molar-refractivity contribution in [2.24, 2.45) is 0 Å². The van der Waals surface area contributed by atoms with Gasteiger partial charge in [0.15, 0.2) is 17.0 Å². The third-order valence-corrected chi connectivity index (χ3v) is 7.26. The van der Waals surface area contributed by atoms with Gasteiger partial charge in [-0.2, -0.15) is 0 Å². The van der Waals surface area contributed by atoms with E-state index in [1.54, 1.807) is 42.5 Å². The van der Waals surface area contributed by atoms with E-state index in [4.69, 9.17) is 9.47 Å². The maximum atomic E-state index is 13.8. The van der Waals surface area contributed by atoms with Crippen LogP contribution in [0.5, 0.6) is 11.5 Å². The van der Waals surface area contributed by atoms with Crippen molar-refractivity contribution >= 4 is 23.5 Å². The standard InChI is InChI=1S/C29H27N3O5/c33-25(30-22-14-15-23-24(18-22)37-28(36-23)16-8-3-9-17-28)19-32-26(34)29(31-27(32)35,20-10-4-1-5-11-20)21-12-6-2-7-13-21/h1-2,4-7,10-15,18H,3,8-9,16-17,19H2,(H,30,33)(H,31,35). The smallest absolute Gasteiger partial charge is 0.326 e. The van der Waals surface area contributed by atoms with Crippen molar-refractivity contribution in [3.8, 4) is 11.5 Å². The average molecular weight is 498 g/mol. The number of amides is 4. The maximum Gasteiger partial charge on any atom is 0.326 e. The number of imide groups is 1. The van der Waals surface area contributed by atoms with E-state index in [-0.39, 0.29) is 0 Å². The van der Waals surface area contributed by atoms with Crippen LogP contribution < -0.4 is 20.1 Å². The van der Waals surface area contributed by atoms with Gasteiger partial charge >= 0.3 is 6.03 Å². The quantitative estimate of drug-likeness (QED) is 0.504. The SMILES string of the molecule is O=C(CN1C(=O)NC(c2ccccc2)(c2ccccc2)C1=O)Nc1ccc2c(c1)OC1(CCCCC1)O2. The number of carbonyl (C=O) groups is 3. The van der Waals surface area contributed by atoms with E-state index in [9.17, 15) is 14.4 Å². The fourth-order valence-electron chi connectivity index (χ4n) is 5.46. The van der Waals surface area contributed by atoms with E-state index in [0.717, 1.165) is 30.6 Å². The van der Waals surface area contributed by atoms with Crippen molar-refractivity contribution in [2.45, 2.75) is 43.4 Å². The Labute approximate surface area is 214 Å². The first-order valence-electron chi connectivity index (χ1n) is 12.6. The Morgan fingerprint density at radius 3 is 2.11 bits per heavy atom. The van der Waals surface area contributed by atoms with Crippen molar-refractivity contribution in [3.05, 3.63) is 90.0 Å². The van der Waals surface area contributed by atoms with Crippen molar-refractivity contribution < 1.29 is 23.9 Å². The van der Waals surface area contributed by atoms with Crippen molar-refractivity contribution in [1.29, 1.82) is 0 Å². The molecule has 2 fully saturated rings. The Balaban J connectivity index is 1.20. The zero-order valence-corrected chi connectivity index (χ0v) is 20.2. The molecule has 1 saturated heterocycles. The Kier molecular flexibility index (Phi) is 5.59. The van der Waals surface area contributed by atoms with Gasteiger partial charge in [0, 0.05) is 24.6 Å². The van der Waals surface area contributed by atoms with Crippen molar-refractivity contribution in [3.63, 3.8) is 0 Å². The van der Waals surface area contributed by atoms with E-state index in [1.807, 2.05) is 36.4 Å². The first-order valence-corrected chi connectivity index (χ1v) is 12.6. The van der Waals surface area contributed by atoms with Gasteiger partial charge in [-0.3, -0.25) is 14.5 Å². The molecule has 3 aromatic rings. The zero-order chi connectivity index (χ0) is 25.5. The average Bonchev–Trinajstić information content (AvgIpc) is 3.39. The van der Waals surface area contributed by atoms with Crippen LogP contribution in [0.3, 0.4) is 0 Å². The van der Waals surface area contributed by atoms with E-state index >= 15 is 0 Å². The summed E-state index contributed by atoms with van der Waals surface area (Å²) in [6.07, 6.45) is 4.94. The highest BCUT2D eigenvalue weighted by Gasteiger charge is 2.54. The highest BCUT2D eigenvalue weighted by Crippen LogP contribution is 2.46. The minimum Gasteiger partial charge on any atom is -0.448 e. The van der Waals surface area contributed by atoms with Crippen LogP contribution in [0.25, 0.3) is 0 Å². The molecular formula is C29H27N3O5. The first-order chi connectivity index (χ1) is 18.0. The van der Waals surface area contributed by atoms with E-state index in [2.05, 4.69) is 10.6 Å². The number of anilines is 1. The van der Waals surface area contributed by atoms with Crippen LogP contribution in [0.2, 0.25) is 0 Å². The molecule has 1 aliphatic carbocycles. The lowest BCUT2D eigenvalue weighted by molar-refractivity contribution is -0.133. The molecule has 0 atom stereocenters. The number of hydrogen-bond acceptors (Lipinski definition) is 5. The van der Waals surface area contributed by atoms with Gasteiger partial charge in [0.1, 0.15) is 6.54 Å². The molecular weight excluding hydrogens is 470 g/mol. The molecule has 8 nitrogen and oxygen atoms in total. The normalized spacial score (nSPS) is 19.1. The van der Waals surface area contributed by atoms with Crippen molar-refractivity contribution in [1.82, 2.24) is 10.2 Å². The molecule has 4 amide bonds. The molecule has 1 saturated carbocycles. The first kappa shape index (κ1) is 23.1. The van der Waals surface area contributed by atoms with E-state index in [0.29, 0.717) is 28.3 Å². The zero-order valence-electron chi connectivity index (χ0n) is 20.2. The van der Waals surface area contributed by atoms with Gasteiger partial charge in [0.2, 0.25) is 5.91 Å². The summed E-state index contributed by atoms with van der Waals surface area (Å²) in [6.45, 7) is -0.426. The van der Waals surface area contributed by atoms with Gasteiger partial charge in [-0.25, -0.2) is 4.79 Å². The summed E-state index contributed by atoms with van der Waals surface area (Å²) in [7, 11) is 0. The molecule has 37 heavy (non-hydrogen) atoms. The third kappa shape index (κ3) is 3.98. The van der Waals surface area contributed by atoms with Gasteiger partial charge in [-0.05, 0) is 36.1 Å². The molecule has 1 spiro atoms. The Morgan fingerprint density at radius 2 is 1.46 bits per heavy atom. The number of ether oxygens (including phenoxy) is 2. The molecule has 0 bridgehead atoms. The number of nitrogens with zero attached hydrogens (tertiary/aromatic N) is 1. The minimum absolute atomic E-state index is 0.426. The van der Waals surface area contributed by atoms with Crippen LogP contribution in [-0.4, -0.2) is 35.1 Å². The molecule has 2 aliphatic heterocycles. The summed E-state index contributed by atoms with van der Waals surface area (Å²) >= 11 is 0. The molecule has 0 radical (unpaired) electrons. The molecule has 0 unspecified atom stereocenters. The second-order valence-electron chi connectivity index (χ2n) is 9.69. The third-order valence-electron chi connectivity index (χ3n) is 7.26. The van der Waals surface area contributed by atoms with Gasteiger partial charge < -0.3 is 20.1 Å². The Hall–Kier alpha value is -4.33. The lowest BCUT2D eigenvalue weighted by atomic mass is 9.82. The largest absolute Gasteiger partial charge is 0.448 e. The van der Waals surface area contributed by atoms with Crippen LogP contribution in [0.4, 0.5) is 10.5 Å². The predicted octanol–water partition coefficient (Wildman–Crippen LogP) is 4.55. The molecule has 3 aromatic carbocycles. The topological polar surface area (TPSA) is 97.0 Å². The van der Waals surface area contributed by atoms with E-state index < -0.39 is 35.7 Å². The highest BCUT2D eigenvalue weighted by molar-refractivity contribution is 6.12. The molecule has 2 N–H and O–H groups in total. The van der Waals surface area contributed by atoms with Gasteiger partial charge in [-0.1, -0.05) is 67.1 Å². The number of hydrogen-bond donors (Lipinski definition) is 2. The van der Waals surface area contributed by atoms with Crippen LogP contribution in [0, 0.1) is 0 Å². The van der Waals surface area contributed by atoms with Gasteiger partial charge in [0.25, 0.3) is 11.7 Å². The Bertz CT molecular complexity index is 1310. The fraction of sp³-hybridized carbons (Fsp3) is 0.276. The summed E-state index contributed by atoms with van der Waals surface area (Å²) in [5.74, 6) is -0.366. The molecule has 0 aromatic heterocycles. The molecule has 6 rings (SSSR count). The van der Waals surface area contributed by atoms with Crippen LogP contribution >= 0.6 is 0 Å². The monoisotopic (exact) mass is 497 g/mol. The Morgan fingerprint density at radius 1 is 0.838 bits per heavy atom. The van der Waals surface area contributed by atoms with Gasteiger partial charge in [-0.15, -0.1) is 0 Å². The van der Waals surface area contributed by atoms with E-state index in [1.165, 1.54) is 6.42 Å². The number of benzene rings is 3. The summed E-state index contributed by atoms with van der Waals surface area (Å²) in [6, 6.07) is 22.7. The summed E-state index contributed by atoms with van der Waals surface area (Å²) in [4.78, 5) is 40.8. The number of nitrogens with one attached hydrogen (secondary N) is 2. The van der Waals surface area contributed by atoms with Crippen LogP contribution in [0.15, 0.2) is 78.9 Å². The number of carbonyl (C=O) groups excluding carboxylic acids is 3. The lowest BCUT2D eigenvalue weighted by Gasteiger charge is -2.31. The van der Waals surface area contributed by atoms with Crippen LogP contribution in [-0.2, 0) is 15.1 Å². The predicted molar refractivity (Wildman–Crippen MR) is 136 cm³/mol. The molecule has 3 aliphatic rings. The van der Waals surface area contributed by atoms with Gasteiger partial charge in [0.05, 0.1) is 0 Å².